The Morgan fingerprint density at radius 2 is 2.00 bits per heavy atom. The Kier molecular flexibility index (Phi) is 7.01. The van der Waals surface area contributed by atoms with Crippen molar-refractivity contribution in [2.75, 3.05) is 33.1 Å². The van der Waals surface area contributed by atoms with Crippen molar-refractivity contribution in [2.45, 2.75) is 30.3 Å². The van der Waals surface area contributed by atoms with Gasteiger partial charge in [0.05, 0.1) is 5.56 Å². The summed E-state index contributed by atoms with van der Waals surface area (Å²) in [5.41, 5.74) is -0.0818. The van der Waals surface area contributed by atoms with Crippen LogP contribution in [0.5, 0.6) is 0 Å². The summed E-state index contributed by atoms with van der Waals surface area (Å²) >= 11 is 1.81. The van der Waals surface area contributed by atoms with E-state index in [4.69, 9.17) is 4.74 Å². The molecule has 0 unspecified atom stereocenters. The van der Waals surface area contributed by atoms with Crippen LogP contribution in [0.15, 0.2) is 29.3 Å². The van der Waals surface area contributed by atoms with E-state index in [2.05, 4.69) is 21.9 Å². The topological polar surface area (TPSA) is 45.7 Å². The molecular formula is C17H24F3N3OS. The molecule has 8 heteroatoms. The first kappa shape index (κ1) is 19.9. The van der Waals surface area contributed by atoms with Crippen LogP contribution in [0.4, 0.5) is 13.2 Å². The van der Waals surface area contributed by atoms with Crippen LogP contribution in [0.25, 0.3) is 0 Å². The van der Waals surface area contributed by atoms with Crippen molar-refractivity contribution in [3.8, 4) is 0 Å². The maximum absolute atomic E-state index is 12.8. The number of nitrogens with zero attached hydrogens (tertiary/aromatic N) is 1. The fourth-order valence-corrected chi connectivity index (χ4v) is 3.50. The number of hydrogen-bond donors (Lipinski definition) is 2. The van der Waals surface area contributed by atoms with Crippen LogP contribution in [-0.2, 0) is 17.5 Å². The number of benzene rings is 1. The highest BCUT2D eigenvalue weighted by molar-refractivity contribution is 8.00. The van der Waals surface area contributed by atoms with Crippen molar-refractivity contribution in [3.05, 3.63) is 35.4 Å². The van der Waals surface area contributed by atoms with Gasteiger partial charge in [0.2, 0.25) is 0 Å². The number of ether oxygens (including phenoxy) is 1. The summed E-state index contributed by atoms with van der Waals surface area (Å²) in [5, 5.41) is 6.36. The Balaban J connectivity index is 1.90. The Bertz CT molecular complexity index is 587. The van der Waals surface area contributed by atoms with E-state index in [1.165, 1.54) is 6.07 Å². The molecule has 25 heavy (non-hydrogen) atoms. The first-order valence-electron chi connectivity index (χ1n) is 8.12. The lowest BCUT2D eigenvalue weighted by Gasteiger charge is -2.36. The zero-order valence-corrected chi connectivity index (χ0v) is 15.3. The molecule has 0 saturated carbocycles. The second-order valence-electron chi connectivity index (χ2n) is 5.98. The fourth-order valence-electron chi connectivity index (χ4n) is 2.71. The second kappa shape index (κ2) is 8.80. The predicted octanol–water partition coefficient (Wildman–Crippen LogP) is 3.28. The molecule has 0 atom stereocenters. The summed E-state index contributed by atoms with van der Waals surface area (Å²) in [6.45, 7) is 2.51. The van der Waals surface area contributed by atoms with Crippen molar-refractivity contribution in [1.82, 2.24) is 10.6 Å². The van der Waals surface area contributed by atoms with Gasteiger partial charge in [-0.1, -0.05) is 12.1 Å². The molecule has 1 heterocycles. The number of halogens is 3. The molecular weight excluding hydrogens is 351 g/mol. The van der Waals surface area contributed by atoms with Crippen molar-refractivity contribution in [2.24, 2.45) is 4.99 Å². The van der Waals surface area contributed by atoms with Crippen LogP contribution in [0.3, 0.4) is 0 Å². The molecule has 1 aliphatic rings. The number of rotatable bonds is 5. The predicted molar refractivity (Wildman–Crippen MR) is 95.9 cm³/mol. The SMILES string of the molecule is CN=C(NCc1cccc(C(F)(F)F)c1)NCC1(SC)CCOCC1. The van der Waals surface area contributed by atoms with Gasteiger partial charge in [-0.25, -0.2) is 0 Å². The van der Waals surface area contributed by atoms with Crippen LogP contribution in [0.2, 0.25) is 0 Å². The zero-order chi connectivity index (χ0) is 18.3. The largest absolute Gasteiger partial charge is 0.416 e. The van der Waals surface area contributed by atoms with Gasteiger partial charge in [0, 0.05) is 38.1 Å². The summed E-state index contributed by atoms with van der Waals surface area (Å²) in [6.07, 6.45) is -0.312. The van der Waals surface area contributed by atoms with Gasteiger partial charge < -0.3 is 15.4 Å². The summed E-state index contributed by atoms with van der Waals surface area (Å²) in [5.74, 6) is 0.581. The molecule has 0 aromatic heterocycles. The highest BCUT2D eigenvalue weighted by atomic mass is 32.2. The molecule has 140 valence electrons. The molecule has 1 aromatic carbocycles. The highest BCUT2D eigenvalue weighted by Crippen LogP contribution is 2.33. The van der Waals surface area contributed by atoms with Gasteiger partial charge in [0.15, 0.2) is 5.96 Å². The van der Waals surface area contributed by atoms with Gasteiger partial charge >= 0.3 is 6.18 Å². The molecule has 4 nitrogen and oxygen atoms in total. The van der Waals surface area contributed by atoms with Gasteiger partial charge in [-0.05, 0) is 36.8 Å². The maximum Gasteiger partial charge on any atom is 0.416 e. The smallest absolute Gasteiger partial charge is 0.381 e. The Labute approximate surface area is 150 Å². The molecule has 0 amide bonds. The van der Waals surface area contributed by atoms with E-state index in [0.717, 1.165) is 44.7 Å². The number of thioether (sulfide) groups is 1. The molecule has 0 spiro atoms. The Hall–Kier alpha value is -1.41. The first-order chi connectivity index (χ1) is 11.9. The normalized spacial score (nSPS) is 18.0. The average Bonchev–Trinajstić information content (AvgIpc) is 2.62. The quantitative estimate of drug-likeness (QED) is 0.612. The van der Waals surface area contributed by atoms with Crippen LogP contribution in [-0.4, -0.2) is 43.8 Å². The first-order valence-corrected chi connectivity index (χ1v) is 9.34. The van der Waals surface area contributed by atoms with Gasteiger partial charge in [-0.3, -0.25) is 4.99 Å². The van der Waals surface area contributed by atoms with Crippen molar-refractivity contribution in [1.29, 1.82) is 0 Å². The third-order valence-electron chi connectivity index (χ3n) is 4.35. The number of alkyl halides is 3. The van der Waals surface area contributed by atoms with Crippen molar-refractivity contribution >= 4 is 17.7 Å². The molecule has 1 fully saturated rings. The summed E-state index contributed by atoms with van der Waals surface area (Å²) < 4.78 is 43.8. The van der Waals surface area contributed by atoms with E-state index in [9.17, 15) is 13.2 Å². The van der Waals surface area contributed by atoms with E-state index in [1.54, 1.807) is 13.1 Å². The van der Waals surface area contributed by atoms with Crippen molar-refractivity contribution in [3.63, 3.8) is 0 Å². The van der Waals surface area contributed by atoms with E-state index >= 15 is 0 Å². The Morgan fingerprint density at radius 3 is 2.60 bits per heavy atom. The molecule has 1 aliphatic heterocycles. The zero-order valence-electron chi connectivity index (χ0n) is 14.4. The van der Waals surface area contributed by atoms with E-state index in [1.807, 2.05) is 11.8 Å². The maximum atomic E-state index is 12.8. The summed E-state index contributed by atoms with van der Waals surface area (Å²) in [7, 11) is 1.65. The third kappa shape index (κ3) is 5.81. The molecule has 0 bridgehead atoms. The van der Waals surface area contributed by atoms with Gasteiger partial charge in [0.1, 0.15) is 0 Å². The van der Waals surface area contributed by atoms with Crippen LogP contribution in [0.1, 0.15) is 24.0 Å². The van der Waals surface area contributed by atoms with Gasteiger partial charge in [0.25, 0.3) is 0 Å². The highest BCUT2D eigenvalue weighted by Gasteiger charge is 2.32. The van der Waals surface area contributed by atoms with Crippen molar-refractivity contribution < 1.29 is 17.9 Å². The van der Waals surface area contributed by atoms with E-state index in [-0.39, 0.29) is 11.3 Å². The minimum Gasteiger partial charge on any atom is -0.381 e. The third-order valence-corrected chi connectivity index (χ3v) is 5.77. The standard InChI is InChI=1S/C17H24F3N3OS/c1-21-15(23-12-16(25-2)6-8-24-9-7-16)22-11-13-4-3-5-14(10-13)17(18,19)20/h3-5,10H,6-9,11-12H2,1-2H3,(H2,21,22,23). The minimum absolute atomic E-state index is 0.103. The Morgan fingerprint density at radius 1 is 1.28 bits per heavy atom. The average molecular weight is 375 g/mol. The lowest BCUT2D eigenvalue weighted by molar-refractivity contribution is -0.137. The molecule has 1 aromatic rings. The second-order valence-corrected chi connectivity index (χ2v) is 7.25. The van der Waals surface area contributed by atoms with E-state index < -0.39 is 11.7 Å². The molecule has 2 rings (SSSR count). The van der Waals surface area contributed by atoms with Gasteiger partial charge in [-0.15, -0.1) is 0 Å². The van der Waals surface area contributed by atoms with Crippen LogP contribution >= 0.6 is 11.8 Å². The molecule has 0 radical (unpaired) electrons. The lowest BCUT2D eigenvalue weighted by atomic mass is 9.99. The molecule has 2 N–H and O–H groups in total. The number of nitrogens with one attached hydrogen (secondary N) is 2. The monoisotopic (exact) mass is 375 g/mol. The summed E-state index contributed by atoms with van der Waals surface area (Å²) in [4.78, 5) is 4.16. The van der Waals surface area contributed by atoms with Gasteiger partial charge in [-0.2, -0.15) is 24.9 Å². The summed E-state index contributed by atoms with van der Waals surface area (Å²) in [6, 6.07) is 5.31. The molecule has 0 aliphatic carbocycles. The number of guanidine groups is 1. The number of hydrogen-bond acceptors (Lipinski definition) is 3. The fraction of sp³-hybridized carbons (Fsp3) is 0.588. The molecule has 1 saturated heterocycles. The lowest BCUT2D eigenvalue weighted by Crippen LogP contribution is -2.47. The van der Waals surface area contributed by atoms with E-state index in [0.29, 0.717) is 11.5 Å². The number of aliphatic imine (C=N–C) groups is 1. The van der Waals surface area contributed by atoms with Crippen LogP contribution in [0, 0.1) is 0 Å². The minimum atomic E-state index is -4.33. The van der Waals surface area contributed by atoms with Crippen LogP contribution < -0.4 is 10.6 Å².